The molecule has 1 aliphatic heterocycles. The van der Waals surface area contributed by atoms with Crippen molar-refractivity contribution in [3.05, 3.63) is 94.0 Å². The lowest BCUT2D eigenvalue weighted by atomic mass is 10.0. The van der Waals surface area contributed by atoms with Crippen LogP contribution in [0.2, 0.25) is 0 Å². The van der Waals surface area contributed by atoms with E-state index in [1.165, 1.54) is 0 Å². The molecule has 0 radical (unpaired) electrons. The van der Waals surface area contributed by atoms with Crippen molar-refractivity contribution in [1.82, 2.24) is 10.2 Å². The molecule has 4 rings (SSSR count). The van der Waals surface area contributed by atoms with Gasteiger partial charge in [0, 0.05) is 29.9 Å². The van der Waals surface area contributed by atoms with Crippen LogP contribution in [0.15, 0.2) is 77.3 Å². The summed E-state index contributed by atoms with van der Waals surface area (Å²) in [7, 11) is 0. The Kier molecular flexibility index (Phi) is 9.23. The molecule has 1 N–H and O–H groups in total. The maximum atomic E-state index is 13.8. The van der Waals surface area contributed by atoms with Gasteiger partial charge in [0.05, 0.1) is 0 Å². The van der Waals surface area contributed by atoms with E-state index in [4.69, 9.17) is 9.47 Å². The molecular formula is C30H33BrN2O4. The summed E-state index contributed by atoms with van der Waals surface area (Å²) < 4.78 is 12.3. The maximum absolute atomic E-state index is 13.8. The van der Waals surface area contributed by atoms with Crippen LogP contribution in [0.1, 0.15) is 37.0 Å². The number of benzene rings is 3. The Morgan fingerprint density at radius 2 is 1.57 bits per heavy atom. The number of hydrogen-bond acceptors (Lipinski definition) is 4. The molecule has 194 valence electrons. The van der Waals surface area contributed by atoms with Crippen molar-refractivity contribution in [2.45, 2.75) is 51.7 Å². The Bertz CT molecular complexity index is 1200. The normalized spacial score (nSPS) is 13.2. The van der Waals surface area contributed by atoms with Crippen LogP contribution in [0, 0.1) is 0 Å². The summed E-state index contributed by atoms with van der Waals surface area (Å²) in [6, 6.07) is 22.8. The summed E-state index contributed by atoms with van der Waals surface area (Å²) in [6.45, 7) is 5.26. The van der Waals surface area contributed by atoms with E-state index in [0.29, 0.717) is 38.3 Å². The molecule has 0 fully saturated rings. The highest BCUT2D eigenvalue weighted by Gasteiger charge is 2.30. The fraction of sp³-hybridized carbons (Fsp3) is 0.333. The smallest absolute Gasteiger partial charge is 0.243 e. The highest BCUT2D eigenvalue weighted by molar-refractivity contribution is 9.10. The van der Waals surface area contributed by atoms with Crippen molar-refractivity contribution < 1.29 is 19.1 Å². The Balaban J connectivity index is 1.58. The first-order chi connectivity index (χ1) is 17.9. The van der Waals surface area contributed by atoms with Gasteiger partial charge in [0.2, 0.25) is 11.8 Å². The highest BCUT2D eigenvalue weighted by atomic mass is 79.9. The van der Waals surface area contributed by atoms with Gasteiger partial charge in [0.1, 0.15) is 19.3 Å². The van der Waals surface area contributed by atoms with Crippen molar-refractivity contribution in [3.63, 3.8) is 0 Å². The Morgan fingerprint density at radius 3 is 2.27 bits per heavy atom. The number of halogens is 1. The Morgan fingerprint density at radius 1 is 0.892 bits per heavy atom. The lowest BCUT2D eigenvalue weighted by Crippen LogP contribution is -2.51. The molecule has 6 nitrogen and oxygen atoms in total. The van der Waals surface area contributed by atoms with Gasteiger partial charge in [-0.3, -0.25) is 9.59 Å². The van der Waals surface area contributed by atoms with Crippen LogP contribution < -0.4 is 14.8 Å². The SMILES string of the molecule is CC(C)NC(=O)[C@H](Cc1ccccc1)N(Cc1ccc(Br)cc1)C(=O)CCc1ccc2c(c1)OCCO2. The standard InChI is InChI=1S/C30H33BrN2O4/c1-21(2)32-30(35)26(18-22-6-4-3-5-7-22)33(20-24-8-12-25(31)13-9-24)29(34)15-11-23-10-14-27-28(19-23)37-17-16-36-27/h3-10,12-14,19,21,26H,11,15-18,20H2,1-2H3,(H,32,35)/t26-/m0/s1. The molecule has 0 saturated heterocycles. The molecule has 7 heteroatoms. The van der Waals surface area contributed by atoms with Crippen molar-refractivity contribution in [1.29, 1.82) is 0 Å². The zero-order valence-corrected chi connectivity index (χ0v) is 22.9. The van der Waals surface area contributed by atoms with E-state index >= 15 is 0 Å². The fourth-order valence-corrected chi connectivity index (χ4v) is 4.62. The molecule has 3 aromatic carbocycles. The molecule has 0 unspecified atom stereocenters. The van der Waals surface area contributed by atoms with Gasteiger partial charge in [-0.1, -0.05) is 64.5 Å². The van der Waals surface area contributed by atoms with Crippen molar-refractivity contribution in [2.75, 3.05) is 13.2 Å². The summed E-state index contributed by atoms with van der Waals surface area (Å²) in [5, 5.41) is 3.03. The predicted molar refractivity (Wildman–Crippen MR) is 148 cm³/mol. The van der Waals surface area contributed by atoms with E-state index in [0.717, 1.165) is 26.9 Å². The van der Waals surface area contributed by atoms with Crippen LogP contribution in [-0.4, -0.2) is 42.0 Å². The molecule has 2 amide bonds. The quantitative estimate of drug-likeness (QED) is 0.362. The lowest BCUT2D eigenvalue weighted by molar-refractivity contribution is -0.141. The average Bonchev–Trinajstić information content (AvgIpc) is 2.90. The molecule has 0 saturated carbocycles. The number of rotatable bonds is 10. The van der Waals surface area contributed by atoms with Gasteiger partial charge in [0.15, 0.2) is 11.5 Å². The van der Waals surface area contributed by atoms with Crippen molar-refractivity contribution >= 4 is 27.7 Å². The van der Waals surface area contributed by atoms with Gasteiger partial charge in [-0.25, -0.2) is 0 Å². The third-order valence-corrected chi connectivity index (χ3v) is 6.73. The maximum Gasteiger partial charge on any atom is 0.243 e. The largest absolute Gasteiger partial charge is 0.486 e. The van der Waals surface area contributed by atoms with E-state index in [2.05, 4.69) is 21.2 Å². The summed E-state index contributed by atoms with van der Waals surface area (Å²) in [6.07, 6.45) is 1.25. The fourth-order valence-electron chi connectivity index (χ4n) is 4.36. The van der Waals surface area contributed by atoms with E-state index in [1.54, 1.807) is 4.90 Å². The summed E-state index contributed by atoms with van der Waals surface area (Å²) in [4.78, 5) is 28.9. The van der Waals surface area contributed by atoms with Gasteiger partial charge >= 0.3 is 0 Å². The second kappa shape index (κ2) is 12.8. The number of nitrogens with one attached hydrogen (secondary N) is 1. The summed E-state index contributed by atoms with van der Waals surface area (Å²) in [5.41, 5.74) is 2.96. The minimum absolute atomic E-state index is 0.0341. The molecule has 0 bridgehead atoms. The van der Waals surface area contributed by atoms with E-state index in [9.17, 15) is 9.59 Å². The second-order valence-electron chi connectivity index (χ2n) is 9.49. The average molecular weight is 566 g/mol. The van der Waals surface area contributed by atoms with Gasteiger partial charge in [0.25, 0.3) is 0 Å². The molecule has 1 aliphatic rings. The van der Waals surface area contributed by atoms with Gasteiger partial charge in [-0.05, 0) is 61.2 Å². The molecule has 0 aromatic heterocycles. The molecule has 0 spiro atoms. The molecule has 3 aromatic rings. The van der Waals surface area contributed by atoms with Crippen molar-refractivity contribution in [2.24, 2.45) is 0 Å². The van der Waals surface area contributed by atoms with Crippen LogP contribution in [-0.2, 0) is 29.0 Å². The topological polar surface area (TPSA) is 67.9 Å². The van der Waals surface area contributed by atoms with E-state index in [-0.39, 0.29) is 24.3 Å². The summed E-state index contributed by atoms with van der Waals surface area (Å²) >= 11 is 3.48. The van der Waals surface area contributed by atoms with E-state index < -0.39 is 6.04 Å². The third kappa shape index (κ3) is 7.59. The van der Waals surface area contributed by atoms with Crippen LogP contribution >= 0.6 is 15.9 Å². The number of fused-ring (bicyclic) bond motifs is 1. The van der Waals surface area contributed by atoms with Crippen LogP contribution in [0.5, 0.6) is 11.5 Å². The van der Waals surface area contributed by atoms with Gasteiger partial charge in [-0.2, -0.15) is 0 Å². The first-order valence-electron chi connectivity index (χ1n) is 12.7. The number of amides is 2. The molecule has 37 heavy (non-hydrogen) atoms. The first kappa shape index (κ1) is 26.7. The third-order valence-electron chi connectivity index (χ3n) is 6.20. The molecule has 1 atom stereocenters. The second-order valence-corrected chi connectivity index (χ2v) is 10.4. The van der Waals surface area contributed by atoms with Crippen molar-refractivity contribution in [3.8, 4) is 11.5 Å². The monoisotopic (exact) mass is 564 g/mol. The number of nitrogens with zero attached hydrogens (tertiary/aromatic N) is 1. The van der Waals surface area contributed by atoms with Crippen LogP contribution in [0.3, 0.4) is 0 Å². The molecular weight excluding hydrogens is 532 g/mol. The minimum Gasteiger partial charge on any atom is -0.486 e. The van der Waals surface area contributed by atoms with Crippen LogP contribution in [0.4, 0.5) is 0 Å². The van der Waals surface area contributed by atoms with E-state index in [1.807, 2.05) is 86.6 Å². The lowest BCUT2D eigenvalue weighted by Gasteiger charge is -2.32. The zero-order chi connectivity index (χ0) is 26.2. The number of carbonyl (C=O) groups is 2. The Labute approximate surface area is 227 Å². The minimum atomic E-state index is -0.638. The highest BCUT2D eigenvalue weighted by Crippen LogP contribution is 2.31. The number of carbonyl (C=O) groups excluding carboxylic acids is 2. The van der Waals surface area contributed by atoms with Gasteiger partial charge < -0.3 is 19.7 Å². The number of hydrogen-bond donors (Lipinski definition) is 1. The molecule has 0 aliphatic carbocycles. The van der Waals surface area contributed by atoms with Crippen LogP contribution in [0.25, 0.3) is 0 Å². The Hall–Kier alpha value is -3.32. The number of ether oxygens (including phenoxy) is 2. The first-order valence-corrected chi connectivity index (χ1v) is 13.4. The summed E-state index contributed by atoms with van der Waals surface area (Å²) in [5.74, 6) is 1.22. The van der Waals surface area contributed by atoms with Gasteiger partial charge in [-0.15, -0.1) is 0 Å². The number of aryl methyl sites for hydroxylation is 1. The predicted octanol–water partition coefficient (Wildman–Crippen LogP) is 5.32. The zero-order valence-electron chi connectivity index (χ0n) is 21.3. The molecule has 1 heterocycles.